The number of amides is 1. The van der Waals surface area contributed by atoms with Crippen molar-refractivity contribution >= 4 is 41.8 Å². The van der Waals surface area contributed by atoms with E-state index in [-0.39, 0.29) is 37.0 Å². The largest absolute Gasteiger partial charge is 0.490 e. The summed E-state index contributed by atoms with van der Waals surface area (Å²) in [4.78, 5) is 20.3. The minimum atomic E-state index is -0.833. The van der Waals surface area contributed by atoms with Crippen LogP contribution in [-0.2, 0) is 4.74 Å². The van der Waals surface area contributed by atoms with Crippen molar-refractivity contribution in [1.29, 1.82) is 0 Å². The number of morpholine rings is 1. The van der Waals surface area contributed by atoms with Gasteiger partial charge in [0.1, 0.15) is 11.9 Å². The van der Waals surface area contributed by atoms with Gasteiger partial charge in [0.05, 0.1) is 18.7 Å². The lowest BCUT2D eigenvalue weighted by molar-refractivity contribution is 0.0220. The summed E-state index contributed by atoms with van der Waals surface area (Å²) >= 11 is 0. The van der Waals surface area contributed by atoms with Crippen molar-refractivity contribution in [2.24, 2.45) is 0 Å². The number of halogens is 2. The molecule has 2 saturated heterocycles. The number of carboxylic acid groups (broad SMARTS) is 1. The van der Waals surface area contributed by atoms with E-state index in [2.05, 4.69) is 47.1 Å². The molecular formula is C28H35Cl2N3O4. The maximum Gasteiger partial charge on any atom is 0.407 e. The zero-order chi connectivity index (χ0) is 24.2. The summed E-state index contributed by atoms with van der Waals surface area (Å²) in [5.74, 6) is 0.825. The van der Waals surface area contributed by atoms with Gasteiger partial charge in [-0.3, -0.25) is 9.88 Å². The van der Waals surface area contributed by atoms with Crippen molar-refractivity contribution < 1.29 is 19.4 Å². The molecule has 2 unspecified atom stereocenters. The van der Waals surface area contributed by atoms with Crippen molar-refractivity contribution in [3.05, 3.63) is 60.3 Å². The van der Waals surface area contributed by atoms with Crippen LogP contribution in [0.3, 0.4) is 0 Å². The van der Waals surface area contributed by atoms with Crippen LogP contribution >= 0.6 is 24.8 Å². The first kappa shape index (κ1) is 29.0. The number of hydrogen-bond acceptors (Lipinski definition) is 5. The predicted molar refractivity (Wildman–Crippen MR) is 150 cm³/mol. The summed E-state index contributed by atoms with van der Waals surface area (Å²) in [6.07, 6.45) is 3.25. The van der Waals surface area contributed by atoms with E-state index >= 15 is 0 Å². The van der Waals surface area contributed by atoms with Gasteiger partial charge >= 0.3 is 6.09 Å². The van der Waals surface area contributed by atoms with Crippen LogP contribution in [0.1, 0.15) is 24.8 Å². The minimum absolute atomic E-state index is 0. The highest BCUT2D eigenvalue weighted by Crippen LogP contribution is 2.31. The molecule has 37 heavy (non-hydrogen) atoms. The molecule has 5 rings (SSSR count). The quantitative estimate of drug-likeness (QED) is 0.428. The van der Waals surface area contributed by atoms with Crippen molar-refractivity contribution in [2.45, 2.75) is 38.3 Å². The van der Waals surface area contributed by atoms with Crippen LogP contribution in [-0.4, -0.2) is 77.5 Å². The third kappa shape index (κ3) is 6.85. The highest BCUT2D eigenvalue weighted by Gasteiger charge is 2.33. The fourth-order valence-corrected chi connectivity index (χ4v) is 5.31. The Morgan fingerprint density at radius 2 is 1.84 bits per heavy atom. The van der Waals surface area contributed by atoms with E-state index < -0.39 is 6.09 Å². The number of carbonyl (C=O) groups is 1. The van der Waals surface area contributed by atoms with E-state index in [4.69, 9.17) is 9.47 Å². The number of nitrogens with zero attached hydrogens (tertiary/aromatic N) is 3. The number of aryl methyl sites for hydroxylation is 1. The van der Waals surface area contributed by atoms with E-state index in [0.717, 1.165) is 61.5 Å². The number of likely N-dealkylation sites (tertiary alicyclic amines) is 1. The molecule has 2 aromatic carbocycles. The van der Waals surface area contributed by atoms with Crippen LogP contribution in [0.4, 0.5) is 4.79 Å². The van der Waals surface area contributed by atoms with Gasteiger partial charge in [-0.05, 0) is 48.2 Å². The van der Waals surface area contributed by atoms with Crippen molar-refractivity contribution in [3.63, 3.8) is 0 Å². The molecule has 0 aliphatic carbocycles. The van der Waals surface area contributed by atoms with Gasteiger partial charge < -0.3 is 19.5 Å². The Hall–Kier alpha value is -2.58. The number of rotatable bonds is 6. The van der Waals surface area contributed by atoms with Gasteiger partial charge in [-0.25, -0.2) is 4.79 Å². The molecule has 2 atom stereocenters. The van der Waals surface area contributed by atoms with Gasteiger partial charge in [0.15, 0.2) is 0 Å². The number of pyridine rings is 1. The summed E-state index contributed by atoms with van der Waals surface area (Å²) in [5.41, 5.74) is 4.49. The van der Waals surface area contributed by atoms with Gasteiger partial charge in [0, 0.05) is 56.6 Å². The first-order valence-corrected chi connectivity index (χ1v) is 12.5. The number of hydrogen-bond donors (Lipinski definition) is 1. The fraction of sp³-hybridized carbons (Fsp3) is 0.429. The van der Waals surface area contributed by atoms with Crippen LogP contribution in [0.2, 0.25) is 0 Å². The van der Waals surface area contributed by atoms with Crippen molar-refractivity contribution in [2.75, 3.05) is 39.4 Å². The Balaban J connectivity index is 0.00000190. The van der Waals surface area contributed by atoms with E-state index in [1.165, 1.54) is 11.1 Å². The van der Waals surface area contributed by atoms with Crippen molar-refractivity contribution in [1.82, 2.24) is 14.8 Å². The van der Waals surface area contributed by atoms with E-state index in [1.54, 1.807) is 4.90 Å². The molecule has 0 bridgehead atoms. The molecule has 2 aliphatic rings. The smallest absolute Gasteiger partial charge is 0.407 e. The van der Waals surface area contributed by atoms with E-state index in [0.29, 0.717) is 19.4 Å². The Labute approximate surface area is 230 Å². The summed E-state index contributed by atoms with van der Waals surface area (Å²) in [6, 6.07) is 16.5. The minimum Gasteiger partial charge on any atom is -0.490 e. The second-order valence-electron chi connectivity index (χ2n) is 9.47. The standard InChI is InChI=1S/C28H33N3O4.2ClH/c1-20-26(9-6-22-3-2-12-29-27(20)22)21-4-7-24(8-5-21)35-25-11-14-31(28(32)33)23(19-25)10-13-30-15-17-34-18-16-30;;/h2-9,12,23,25H,10-11,13-19H2,1H3,(H,32,33);2*1H. The molecule has 0 saturated carbocycles. The van der Waals surface area contributed by atoms with Gasteiger partial charge in [-0.2, -0.15) is 0 Å². The average Bonchev–Trinajstić information content (AvgIpc) is 2.89. The summed E-state index contributed by atoms with van der Waals surface area (Å²) in [7, 11) is 0. The lowest BCUT2D eigenvalue weighted by atomic mass is 9.96. The first-order valence-electron chi connectivity index (χ1n) is 12.5. The molecule has 0 radical (unpaired) electrons. The van der Waals surface area contributed by atoms with Gasteiger partial charge in [0.2, 0.25) is 0 Å². The molecule has 3 heterocycles. The van der Waals surface area contributed by atoms with E-state index in [9.17, 15) is 9.90 Å². The lowest BCUT2D eigenvalue weighted by Gasteiger charge is -2.39. The zero-order valence-electron chi connectivity index (χ0n) is 21.0. The molecular weight excluding hydrogens is 513 g/mol. The van der Waals surface area contributed by atoms with Crippen LogP contribution in [0.25, 0.3) is 22.0 Å². The molecule has 1 aromatic heterocycles. The van der Waals surface area contributed by atoms with Gasteiger partial charge in [0.25, 0.3) is 0 Å². The number of aromatic nitrogens is 1. The Morgan fingerprint density at radius 1 is 1.08 bits per heavy atom. The maximum atomic E-state index is 11.8. The molecule has 3 aromatic rings. The monoisotopic (exact) mass is 547 g/mol. The van der Waals surface area contributed by atoms with Crippen LogP contribution in [0, 0.1) is 6.92 Å². The predicted octanol–water partition coefficient (Wildman–Crippen LogP) is 5.67. The van der Waals surface area contributed by atoms with Crippen LogP contribution in [0.5, 0.6) is 5.75 Å². The average molecular weight is 549 g/mol. The molecule has 1 amide bonds. The van der Waals surface area contributed by atoms with Crippen LogP contribution < -0.4 is 4.74 Å². The molecule has 2 fully saturated rings. The summed E-state index contributed by atoms with van der Waals surface area (Å²) < 4.78 is 11.8. The SMILES string of the molecule is Cc1c(-c2ccc(OC3CCN(C(=O)O)C(CCN4CCOCC4)C3)cc2)ccc2cccnc12.Cl.Cl. The van der Waals surface area contributed by atoms with Crippen LogP contribution in [0.15, 0.2) is 54.7 Å². The number of ether oxygens (including phenoxy) is 2. The number of fused-ring (bicyclic) bond motifs is 1. The number of piperidine rings is 1. The maximum absolute atomic E-state index is 11.8. The van der Waals surface area contributed by atoms with E-state index in [1.807, 2.05) is 24.4 Å². The first-order chi connectivity index (χ1) is 17.1. The molecule has 9 heteroatoms. The Morgan fingerprint density at radius 3 is 2.57 bits per heavy atom. The highest BCUT2D eigenvalue weighted by atomic mass is 35.5. The fourth-order valence-electron chi connectivity index (χ4n) is 5.31. The number of benzene rings is 2. The topological polar surface area (TPSA) is 75.1 Å². The third-order valence-corrected chi connectivity index (χ3v) is 7.29. The lowest BCUT2D eigenvalue weighted by Crippen LogP contribution is -2.50. The highest BCUT2D eigenvalue weighted by molar-refractivity contribution is 5.88. The molecule has 7 nitrogen and oxygen atoms in total. The third-order valence-electron chi connectivity index (χ3n) is 7.29. The Kier molecular flexibility index (Phi) is 10.4. The zero-order valence-corrected chi connectivity index (χ0v) is 22.7. The normalized spacial score (nSPS) is 20.1. The molecule has 2 aliphatic heterocycles. The second kappa shape index (κ2) is 13.3. The summed E-state index contributed by atoms with van der Waals surface area (Å²) in [5, 5.41) is 10.8. The molecule has 0 spiro atoms. The van der Waals surface area contributed by atoms with Gasteiger partial charge in [-0.15, -0.1) is 24.8 Å². The summed E-state index contributed by atoms with van der Waals surface area (Å²) in [6.45, 7) is 6.85. The second-order valence-corrected chi connectivity index (χ2v) is 9.47. The molecule has 1 N–H and O–H groups in total. The van der Waals surface area contributed by atoms with Crippen molar-refractivity contribution in [3.8, 4) is 16.9 Å². The Bertz CT molecular complexity index is 1170. The van der Waals surface area contributed by atoms with Gasteiger partial charge in [-0.1, -0.05) is 30.3 Å². The molecule has 200 valence electrons.